The predicted molar refractivity (Wildman–Crippen MR) is 142 cm³/mol. The average molecular weight is 481 g/mol. The molecule has 0 saturated heterocycles. The van der Waals surface area contributed by atoms with E-state index in [1.807, 2.05) is 0 Å². The van der Waals surface area contributed by atoms with Crippen LogP contribution in [0.2, 0.25) is 0 Å². The van der Waals surface area contributed by atoms with Gasteiger partial charge >= 0.3 is 11.9 Å². The molecule has 0 heterocycles. The second-order valence-corrected chi connectivity index (χ2v) is 12.8. The quantitative estimate of drug-likeness (QED) is 0.208. The normalized spacial score (nSPS) is 21.1. The van der Waals surface area contributed by atoms with E-state index in [0.717, 1.165) is 38.5 Å². The molecule has 1 fully saturated rings. The van der Waals surface area contributed by atoms with E-state index in [1.54, 1.807) is 0 Å². The molecule has 0 radical (unpaired) electrons. The van der Waals surface area contributed by atoms with E-state index in [-0.39, 0.29) is 23.8 Å². The van der Waals surface area contributed by atoms with E-state index in [9.17, 15) is 9.59 Å². The molecule has 0 aromatic carbocycles. The number of rotatable bonds is 16. The SMILES string of the molecule is CCC(C)(C)CCCC(C)COC(=O)C1CCC(C(=O)OCC(C)CCCC(C)(C)CC)CC1. The van der Waals surface area contributed by atoms with Crippen LogP contribution in [0.3, 0.4) is 0 Å². The van der Waals surface area contributed by atoms with Gasteiger partial charge in [-0.1, -0.05) is 81.1 Å². The fraction of sp³-hybridized carbons (Fsp3) is 0.933. The van der Waals surface area contributed by atoms with E-state index >= 15 is 0 Å². The first-order valence-corrected chi connectivity index (χ1v) is 14.2. The lowest BCUT2D eigenvalue weighted by molar-refractivity contribution is -0.156. The van der Waals surface area contributed by atoms with Crippen molar-refractivity contribution in [1.29, 1.82) is 0 Å². The minimum Gasteiger partial charge on any atom is -0.465 e. The van der Waals surface area contributed by atoms with Crippen LogP contribution in [0.1, 0.15) is 132 Å². The lowest BCUT2D eigenvalue weighted by Crippen LogP contribution is -2.29. The van der Waals surface area contributed by atoms with Gasteiger partial charge < -0.3 is 9.47 Å². The summed E-state index contributed by atoms with van der Waals surface area (Å²) in [7, 11) is 0. The Morgan fingerprint density at radius 2 is 1.03 bits per heavy atom. The number of carbonyl (C=O) groups is 2. The summed E-state index contributed by atoms with van der Waals surface area (Å²) in [6, 6.07) is 0. The Bertz CT molecular complexity index is 535. The van der Waals surface area contributed by atoms with Crippen LogP contribution >= 0.6 is 0 Å². The zero-order chi connectivity index (χ0) is 25.8. The highest BCUT2D eigenvalue weighted by Gasteiger charge is 2.32. The van der Waals surface area contributed by atoms with Gasteiger partial charge in [0.25, 0.3) is 0 Å². The third kappa shape index (κ3) is 12.6. The lowest BCUT2D eigenvalue weighted by Gasteiger charge is -2.27. The van der Waals surface area contributed by atoms with Crippen LogP contribution in [-0.2, 0) is 19.1 Å². The summed E-state index contributed by atoms with van der Waals surface area (Å²) in [5.74, 6) is 0.538. The molecule has 2 unspecified atom stereocenters. The lowest BCUT2D eigenvalue weighted by atomic mass is 9.82. The molecule has 4 heteroatoms. The van der Waals surface area contributed by atoms with Gasteiger partial charge in [-0.2, -0.15) is 0 Å². The maximum absolute atomic E-state index is 12.5. The van der Waals surface area contributed by atoms with Gasteiger partial charge in [-0.3, -0.25) is 9.59 Å². The minimum absolute atomic E-state index is 0.0591. The Kier molecular flexibility index (Phi) is 13.8. The van der Waals surface area contributed by atoms with Crippen LogP contribution in [0, 0.1) is 34.5 Å². The molecule has 1 saturated carbocycles. The molecule has 200 valence electrons. The van der Waals surface area contributed by atoms with Gasteiger partial charge in [-0.25, -0.2) is 0 Å². The van der Waals surface area contributed by atoms with Gasteiger partial charge in [-0.15, -0.1) is 0 Å². The van der Waals surface area contributed by atoms with E-state index < -0.39 is 0 Å². The molecule has 0 aliphatic heterocycles. The molecule has 0 spiro atoms. The fourth-order valence-corrected chi connectivity index (χ4v) is 4.63. The summed E-state index contributed by atoms with van der Waals surface area (Å²) >= 11 is 0. The van der Waals surface area contributed by atoms with E-state index in [0.29, 0.717) is 35.9 Å². The molecule has 0 aromatic heterocycles. The van der Waals surface area contributed by atoms with Gasteiger partial charge in [-0.05, 0) is 74.0 Å². The average Bonchev–Trinajstić information content (AvgIpc) is 2.80. The molecule has 1 aliphatic rings. The maximum atomic E-state index is 12.5. The standard InChI is InChI=1S/C30H56O4/c1-9-29(5,6)19-11-13-23(3)21-33-27(31)25-15-17-26(18-16-25)28(32)34-22-24(4)14-12-20-30(7,8)10-2/h23-26H,9-22H2,1-8H3. The van der Waals surface area contributed by atoms with Crippen LogP contribution in [0.4, 0.5) is 0 Å². The Morgan fingerprint density at radius 3 is 1.32 bits per heavy atom. The summed E-state index contributed by atoms with van der Waals surface area (Å²) in [6.45, 7) is 19.1. The van der Waals surface area contributed by atoms with E-state index in [2.05, 4.69) is 55.4 Å². The molecule has 0 bridgehead atoms. The fourth-order valence-electron chi connectivity index (χ4n) is 4.63. The Morgan fingerprint density at radius 1 is 0.706 bits per heavy atom. The molecule has 0 aromatic rings. The highest BCUT2D eigenvalue weighted by molar-refractivity contribution is 5.75. The Balaban J connectivity index is 2.21. The Labute approximate surface area is 211 Å². The second-order valence-electron chi connectivity index (χ2n) is 12.8. The highest BCUT2D eigenvalue weighted by Crippen LogP contribution is 2.32. The van der Waals surface area contributed by atoms with Crippen LogP contribution in [0.5, 0.6) is 0 Å². The van der Waals surface area contributed by atoms with E-state index in [1.165, 1.54) is 38.5 Å². The summed E-state index contributed by atoms with van der Waals surface area (Å²) < 4.78 is 11.3. The molecule has 34 heavy (non-hydrogen) atoms. The predicted octanol–water partition coefficient (Wildman–Crippen LogP) is 8.36. The smallest absolute Gasteiger partial charge is 0.308 e. The van der Waals surface area contributed by atoms with Gasteiger partial charge in [0, 0.05) is 0 Å². The van der Waals surface area contributed by atoms with Crippen LogP contribution in [0.15, 0.2) is 0 Å². The number of carbonyl (C=O) groups excluding carboxylic acids is 2. The molecular formula is C30H56O4. The van der Waals surface area contributed by atoms with Crippen LogP contribution in [0.25, 0.3) is 0 Å². The van der Waals surface area contributed by atoms with Crippen molar-refractivity contribution in [3.05, 3.63) is 0 Å². The van der Waals surface area contributed by atoms with Crippen molar-refractivity contribution >= 4 is 11.9 Å². The van der Waals surface area contributed by atoms with Gasteiger partial charge in [0.15, 0.2) is 0 Å². The van der Waals surface area contributed by atoms with Crippen molar-refractivity contribution in [3.8, 4) is 0 Å². The summed E-state index contributed by atoms with van der Waals surface area (Å²) in [4.78, 5) is 25.1. The first-order valence-electron chi connectivity index (χ1n) is 14.2. The largest absolute Gasteiger partial charge is 0.465 e. The van der Waals surface area contributed by atoms with Crippen molar-refractivity contribution < 1.29 is 19.1 Å². The molecular weight excluding hydrogens is 424 g/mol. The van der Waals surface area contributed by atoms with Crippen LogP contribution in [-0.4, -0.2) is 25.2 Å². The van der Waals surface area contributed by atoms with Crippen LogP contribution < -0.4 is 0 Å². The number of hydrogen-bond donors (Lipinski definition) is 0. The zero-order valence-electron chi connectivity index (χ0n) is 23.8. The van der Waals surface area contributed by atoms with Gasteiger partial charge in [0.2, 0.25) is 0 Å². The van der Waals surface area contributed by atoms with Crippen molar-refractivity contribution in [2.75, 3.05) is 13.2 Å². The maximum Gasteiger partial charge on any atom is 0.308 e. The van der Waals surface area contributed by atoms with Gasteiger partial charge in [0.1, 0.15) is 0 Å². The van der Waals surface area contributed by atoms with Gasteiger partial charge in [0.05, 0.1) is 25.0 Å². The molecule has 0 amide bonds. The number of esters is 2. The van der Waals surface area contributed by atoms with Crippen molar-refractivity contribution in [3.63, 3.8) is 0 Å². The monoisotopic (exact) mass is 480 g/mol. The minimum atomic E-state index is -0.0730. The molecule has 2 atom stereocenters. The molecule has 1 rings (SSSR count). The summed E-state index contributed by atoms with van der Waals surface area (Å²) in [5.41, 5.74) is 0.806. The number of hydrogen-bond acceptors (Lipinski definition) is 4. The van der Waals surface area contributed by atoms with Crippen molar-refractivity contribution in [2.45, 2.75) is 132 Å². The summed E-state index contributed by atoms with van der Waals surface area (Å²) in [5, 5.41) is 0. The highest BCUT2D eigenvalue weighted by atomic mass is 16.5. The third-order valence-electron chi connectivity index (χ3n) is 8.43. The first kappa shape index (κ1) is 31.0. The zero-order valence-corrected chi connectivity index (χ0v) is 23.8. The van der Waals surface area contributed by atoms with Crippen molar-refractivity contribution in [2.24, 2.45) is 34.5 Å². The summed E-state index contributed by atoms with van der Waals surface area (Å²) in [6.07, 6.45) is 12.3. The molecule has 1 aliphatic carbocycles. The second kappa shape index (κ2) is 15.1. The third-order valence-corrected chi connectivity index (χ3v) is 8.43. The molecule has 0 N–H and O–H groups in total. The first-order chi connectivity index (χ1) is 15.9. The topological polar surface area (TPSA) is 52.6 Å². The molecule has 4 nitrogen and oxygen atoms in total. The Hall–Kier alpha value is -1.06. The van der Waals surface area contributed by atoms with E-state index in [4.69, 9.17) is 9.47 Å². The number of ether oxygens (including phenoxy) is 2. The van der Waals surface area contributed by atoms with Crippen molar-refractivity contribution in [1.82, 2.24) is 0 Å².